The molecule has 0 spiro atoms. The van der Waals surface area contributed by atoms with E-state index in [4.69, 9.17) is 12.2 Å². The summed E-state index contributed by atoms with van der Waals surface area (Å²) in [5.74, 6) is 0.947. The van der Waals surface area contributed by atoms with Gasteiger partial charge in [0.25, 0.3) is 0 Å². The van der Waals surface area contributed by atoms with Crippen molar-refractivity contribution in [3.8, 4) is 0 Å². The molecule has 3 aromatic rings. The number of nitrogens with one attached hydrogen (secondary N) is 2. The second-order valence-electron chi connectivity index (χ2n) is 5.00. The van der Waals surface area contributed by atoms with Gasteiger partial charge in [-0.15, -0.1) is 0 Å². The molecule has 0 saturated carbocycles. The molecule has 1 heterocycles. The number of hydrogen-bond donors (Lipinski definition) is 2. The molecule has 0 radical (unpaired) electrons. The Hall–Kier alpha value is -2.14. The average Bonchev–Trinajstić information content (AvgIpc) is 2.86. The number of aromatic nitrogens is 3. The lowest BCUT2D eigenvalue weighted by Gasteiger charge is -2.11. The highest BCUT2D eigenvalue weighted by molar-refractivity contribution is 7.71. The number of H-pyrrole nitrogens is 1. The molecule has 2 aromatic carbocycles. The normalized spacial score (nSPS) is 10.9. The lowest BCUT2D eigenvalue weighted by atomic mass is 10.1. The Labute approximate surface area is 128 Å². The smallest absolute Gasteiger partial charge is 0.214 e. The Bertz CT molecular complexity index is 798. The number of hydrogen-bond acceptors (Lipinski definition) is 3. The quantitative estimate of drug-likeness (QED) is 0.704. The van der Waals surface area contributed by atoms with E-state index in [2.05, 4.69) is 65.0 Å². The van der Waals surface area contributed by atoms with Gasteiger partial charge >= 0.3 is 0 Å². The average molecular weight is 298 g/mol. The minimum absolute atomic E-state index is 0.610. The van der Waals surface area contributed by atoms with Crippen LogP contribution in [0.4, 0.5) is 0 Å². The largest absolute Gasteiger partial charge is 0.318 e. The van der Waals surface area contributed by atoms with Crippen LogP contribution in [0.2, 0.25) is 0 Å². The predicted octanol–water partition coefficient (Wildman–Crippen LogP) is 3.79. The third kappa shape index (κ3) is 2.83. The van der Waals surface area contributed by atoms with Gasteiger partial charge in [0.05, 0.1) is 6.54 Å². The first kappa shape index (κ1) is 13.8. The van der Waals surface area contributed by atoms with Crippen molar-refractivity contribution in [1.29, 1.82) is 0 Å². The van der Waals surface area contributed by atoms with E-state index in [1.807, 2.05) is 4.68 Å². The molecule has 0 aliphatic rings. The molecule has 0 atom stereocenters. The van der Waals surface area contributed by atoms with Gasteiger partial charge in [-0.2, -0.15) is 5.10 Å². The standard InChI is InChI=1S/C16H18N4S/c1-2-6-15-18-19-16(21)20(15)17-11-13-9-5-8-12-7-3-4-10-14(12)13/h3-5,7-10,17H,2,6,11H2,1H3,(H,19,21). The van der Waals surface area contributed by atoms with Crippen LogP contribution in [-0.2, 0) is 13.0 Å². The number of rotatable bonds is 5. The zero-order valence-electron chi connectivity index (χ0n) is 12.0. The molecule has 0 bridgehead atoms. The second kappa shape index (κ2) is 6.10. The molecule has 2 N–H and O–H groups in total. The van der Waals surface area contributed by atoms with Gasteiger partial charge in [-0.1, -0.05) is 49.4 Å². The number of nitrogens with zero attached hydrogens (tertiary/aromatic N) is 2. The summed E-state index contributed by atoms with van der Waals surface area (Å²) in [5.41, 5.74) is 4.62. The highest BCUT2D eigenvalue weighted by Crippen LogP contribution is 2.18. The Morgan fingerprint density at radius 1 is 1.19 bits per heavy atom. The van der Waals surface area contributed by atoms with Crippen molar-refractivity contribution in [2.75, 3.05) is 5.43 Å². The Kier molecular flexibility index (Phi) is 4.01. The van der Waals surface area contributed by atoms with Crippen LogP contribution in [0.15, 0.2) is 42.5 Å². The summed E-state index contributed by atoms with van der Waals surface area (Å²) in [6, 6.07) is 14.8. The van der Waals surface area contributed by atoms with Crippen LogP contribution in [0, 0.1) is 4.77 Å². The molecule has 1 aromatic heterocycles. The third-order valence-electron chi connectivity index (χ3n) is 3.52. The number of benzene rings is 2. The van der Waals surface area contributed by atoms with Gasteiger partial charge in [-0.3, -0.25) is 5.10 Å². The molecule has 0 unspecified atom stereocenters. The minimum atomic E-state index is 0.610. The van der Waals surface area contributed by atoms with E-state index in [-0.39, 0.29) is 0 Å². The fourth-order valence-electron chi connectivity index (χ4n) is 2.49. The van der Waals surface area contributed by atoms with Gasteiger partial charge in [-0.05, 0) is 35.0 Å². The summed E-state index contributed by atoms with van der Waals surface area (Å²) >= 11 is 5.28. The van der Waals surface area contributed by atoms with E-state index >= 15 is 0 Å². The molecule has 0 saturated heterocycles. The number of aromatic amines is 1. The summed E-state index contributed by atoms with van der Waals surface area (Å²) in [6.45, 7) is 2.85. The molecule has 5 heteroatoms. The summed E-state index contributed by atoms with van der Waals surface area (Å²) in [4.78, 5) is 0. The Morgan fingerprint density at radius 3 is 2.86 bits per heavy atom. The van der Waals surface area contributed by atoms with E-state index < -0.39 is 0 Å². The van der Waals surface area contributed by atoms with Crippen LogP contribution in [0.5, 0.6) is 0 Å². The molecule has 0 aliphatic carbocycles. The summed E-state index contributed by atoms with van der Waals surface area (Å²) in [5, 5.41) is 9.63. The van der Waals surface area contributed by atoms with E-state index in [0.29, 0.717) is 11.3 Å². The maximum absolute atomic E-state index is 5.28. The molecule has 108 valence electrons. The van der Waals surface area contributed by atoms with Crippen LogP contribution < -0.4 is 5.43 Å². The third-order valence-corrected chi connectivity index (χ3v) is 3.80. The van der Waals surface area contributed by atoms with Crippen molar-refractivity contribution in [1.82, 2.24) is 14.9 Å². The van der Waals surface area contributed by atoms with E-state index in [0.717, 1.165) is 18.7 Å². The molecule has 3 rings (SSSR count). The fraction of sp³-hybridized carbons (Fsp3) is 0.250. The first-order chi connectivity index (χ1) is 10.3. The zero-order chi connectivity index (χ0) is 14.7. The highest BCUT2D eigenvalue weighted by atomic mass is 32.1. The van der Waals surface area contributed by atoms with Crippen molar-refractivity contribution >= 4 is 23.0 Å². The summed E-state index contributed by atoms with van der Waals surface area (Å²) < 4.78 is 2.49. The van der Waals surface area contributed by atoms with Gasteiger partial charge in [0.1, 0.15) is 0 Å². The van der Waals surface area contributed by atoms with Crippen LogP contribution in [0.1, 0.15) is 24.7 Å². The fourth-order valence-corrected chi connectivity index (χ4v) is 2.71. The van der Waals surface area contributed by atoms with Crippen molar-refractivity contribution in [3.05, 3.63) is 58.6 Å². The molecule has 0 aliphatic heterocycles. The maximum Gasteiger partial charge on any atom is 0.214 e. The molecule has 0 amide bonds. The van der Waals surface area contributed by atoms with E-state index in [1.54, 1.807) is 0 Å². The zero-order valence-corrected chi connectivity index (χ0v) is 12.8. The lowest BCUT2D eigenvalue weighted by Crippen LogP contribution is -2.17. The van der Waals surface area contributed by atoms with Gasteiger partial charge in [-0.25, -0.2) is 4.68 Å². The van der Waals surface area contributed by atoms with Crippen molar-refractivity contribution in [3.63, 3.8) is 0 Å². The monoisotopic (exact) mass is 298 g/mol. The first-order valence-corrected chi connectivity index (χ1v) is 7.57. The minimum Gasteiger partial charge on any atom is -0.318 e. The van der Waals surface area contributed by atoms with Crippen molar-refractivity contribution in [2.45, 2.75) is 26.3 Å². The summed E-state index contributed by atoms with van der Waals surface area (Å²) in [7, 11) is 0. The van der Waals surface area contributed by atoms with Gasteiger partial charge in [0.2, 0.25) is 4.77 Å². The maximum atomic E-state index is 5.28. The van der Waals surface area contributed by atoms with Crippen molar-refractivity contribution < 1.29 is 0 Å². The van der Waals surface area contributed by atoms with Crippen LogP contribution in [-0.4, -0.2) is 14.9 Å². The lowest BCUT2D eigenvalue weighted by molar-refractivity contribution is 0.732. The molecular weight excluding hydrogens is 280 g/mol. The molecular formula is C16H18N4S. The first-order valence-electron chi connectivity index (χ1n) is 7.16. The molecule has 21 heavy (non-hydrogen) atoms. The summed E-state index contributed by atoms with van der Waals surface area (Å²) in [6.07, 6.45) is 1.94. The van der Waals surface area contributed by atoms with Crippen LogP contribution >= 0.6 is 12.2 Å². The SMILES string of the molecule is CCCc1n[nH]c(=S)n1NCc1cccc2ccccc12. The number of fused-ring (bicyclic) bond motifs is 1. The topological polar surface area (TPSA) is 45.6 Å². The van der Waals surface area contributed by atoms with Crippen LogP contribution in [0.3, 0.4) is 0 Å². The highest BCUT2D eigenvalue weighted by Gasteiger charge is 2.05. The Balaban J connectivity index is 1.87. The van der Waals surface area contributed by atoms with E-state index in [9.17, 15) is 0 Å². The van der Waals surface area contributed by atoms with Gasteiger partial charge < -0.3 is 5.43 Å². The predicted molar refractivity (Wildman–Crippen MR) is 88.4 cm³/mol. The van der Waals surface area contributed by atoms with Crippen LogP contribution in [0.25, 0.3) is 10.8 Å². The second-order valence-corrected chi connectivity index (χ2v) is 5.39. The van der Waals surface area contributed by atoms with Gasteiger partial charge in [0.15, 0.2) is 5.82 Å². The molecule has 0 fully saturated rings. The van der Waals surface area contributed by atoms with Gasteiger partial charge in [0, 0.05) is 6.42 Å². The van der Waals surface area contributed by atoms with E-state index in [1.165, 1.54) is 16.3 Å². The number of aryl methyl sites for hydroxylation is 1. The Morgan fingerprint density at radius 2 is 2.00 bits per heavy atom. The molecule has 4 nitrogen and oxygen atoms in total. The van der Waals surface area contributed by atoms with Crippen molar-refractivity contribution in [2.24, 2.45) is 0 Å².